The first-order valence-electron chi connectivity index (χ1n) is 10.4. The first kappa shape index (κ1) is 19.0. The molecule has 1 spiro atoms. The Morgan fingerprint density at radius 2 is 2.00 bits per heavy atom. The standard InChI is InChI=1S/C22H26N6O2/c1-16-11-23-28(12-16)9-8-19(29)27-14-22(15-27)10-18(26(2)13-22)21-25-24-20(30-21)17-6-4-3-5-7-17/h3-7,11-12,18H,8-10,13-15H2,1-2H3. The van der Waals surface area contributed by atoms with Crippen molar-refractivity contribution >= 4 is 5.91 Å². The number of amides is 1. The molecule has 1 unspecified atom stereocenters. The first-order valence-corrected chi connectivity index (χ1v) is 10.4. The zero-order chi connectivity index (χ0) is 20.7. The summed E-state index contributed by atoms with van der Waals surface area (Å²) < 4.78 is 7.83. The van der Waals surface area contributed by atoms with Crippen LogP contribution in [0.4, 0.5) is 0 Å². The van der Waals surface area contributed by atoms with Gasteiger partial charge in [0.25, 0.3) is 0 Å². The molecule has 0 aliphatic carbocycles. The largest absolute Gasteiger partial charge is 0.419 e. The summed E-state index contributed by atoms with van der Waals surface area (Å²) in [7, 11) is 2.09. The van der Waals surface area contributed by atoms with Gasteiger partial charge in [-0.2, -0.15) is 5.10 Å². The number of hydrogen-bond acceptors (Lipinski definition) is 6. The summed E-state index contributed by atoms with van der Waals surface area (Å²) in [6.07, 6.45) is 5.20. The molecule has 8 heteroatoms. The van der Waals surface area contributed by atoms with E-state index >= 15 is 0 Å². The summed E-state index contributed by atoms with van der Waals surface area (Å²) in [4.78, 5) is 16.8. The van der Waals surface area contributed by atoms with Crippen LogP contribution in [0.3, 0.4) is 0 Å². The Morgan fingerprint density at radius 1 is 1.20 bits per heavy atom. The number of rotatable bonds is 5. The van der Waals surface area contributed by atoms with E-state index in [1.165, 1.54) is 0 Å². The lowest BCUT2D eigenvalue weighted by Gasteiger charge is -2.48. The van der Waals surface area contributed by atoms with E-state index in [0.717, 1.165) is 37.2 Å². The van der Waals surface area contributed by atoms with Crippen molar-refractivity contribution in [1.29, 1.82) is 0 Å². The van der Waals surface area contributed by atoms with Crippen LogP contribution < -0.4 is 0 Å². The predicted molar refractivity (Wildman–Crippen MR) is 110 cm³/mol. The molecule has 1 atom stereocenters. The fourth-order valence-corrected chi connectivity index (χ4v) is 4.74. The summed E-state index contributed by atoms with van der Waals surface area (Å²) in [5, 5.41) is 12.8. The Morgan fingerprint density at radius 3 is 2.73 bits per heavy atom. The molecule has 1 aromatic carbocycles. The molecule has 4 heterocycles. The Bertz CT molecular complexity index is 1040. The van der Waals surface area contributed by atoms with Gasteiger partial charge in [-0.05, 0) is 38.1 Å². The molecular formula is C22H26N6O2. The van der Waals surface area contributed by atoms with Crippen LogP contribution in [0.1, 0.15) is 30.3 Å². The molecule has 0 N–H and O–H groups in total. The predicted octanol–water partition coefficient (Wildman–Crippen LogP) is 2.54. The van der Waals surface area contributed by atoms with Crippen LogP contribution >= 0.6 is 0 Å². The summed E-state index contributed by atoms with van der Waals surface area (Å²) in [5.41, 5.74) is 2.17. The Labute approximate surface area is 175 Å². The van der Waals surface area contributed by atoms with Gasteiger partial charge in [0.05, 0.1) is 12.2 Å². The van der Waals surface area contributed by atoms with Crippen LogP contribution in [-0.2, 0) is 11.3 Å². The van der Waals surface area contributed by atoms with E-state index in [4.69, 9.17) is 4.42 Å². The molecule has 5 rings (SSSR count). The number of nitrogens with zero attached hydrogens (tertiary/aromatic N) is 6. The molecule has 0 saturated carbocycles. The minimum absolute atomic E-state index is 0.0965. The SMILES string of the molecule is Cc1cnn(CCC(=O)N2CC3(CC(c4nnc(-c5ccccc5)o4)N(C)C3)C2)c1. The minimum Gasteiger partial charge on any atom is -0.419 e. The molecule has 1 amide bonds. The van der Waals surface area contributed by atoms with Crippen LogP contribution in [0.2, 0.25) is 0 Å². The minimum atomic E-state index is 0.0965. The molecule has 30 heavy (non-hydrogen) atoms. The highest BCUT2D eigenvalue weighted by molar-refractivity contribution is 5.77. The van der Waals surface area contributed by atoms with Gasteiger partial charge in [0.1, 0.15) is 0 Å². The lowest BCUT2D eigenvalue weighted by Crippen LogP contribution is -2.59. The number of aromatic nitrogens is 4. The average molecular weight is 406 g/mol. The summed E-state index contributed by atoms with van der Waals surface area (Å²) in [6.45, 7) is 5.16. The van der Waals surface area contributed by atoms with Crippen LogP contribution in [-0.4, -0.2) is 62.4 Å². The highest BCUT2D eigenvalue weighted by Gasteiger charge is 2.53. The number of benzene rings is 1. The van der Waals surface area contributed by atoms with E-state index in [0.29, 0.717) is 24.7 Å². The van der Waals surface area contributed by atoms with Gasteiger partial charge >= 0.3 is 0 Å². The zero-order valence-corrected chi connectivity index (χ0v) is 17.4. The lowest BCUT2D eigenvalue weighted by molar-refractivity contribution is -0.143. The highest BCUT2D eigenvalue weighted by Crippen LogP contribution is 2.47. The van der Waals surface area contributed by atoms with E-state index < -0.39 is 0 Å². The number of aryl methyl sites for hydroxylation is 2. The van der Waals surface area contributed by atoms with Gasteiger partial charge in [-0.25, -0.2) is 0 Å². The molecule has 2 aliphatic rings. The monoisotopic (exact) mass is 406 g/mol. The van der Waals surface area contributed by atoms with Gasteiger partial charge < -0.3 is 9.32 Å². The molecule has 8 nitrogen and oxygen atoms in total. The molecule has 0 bridgehead atoms. The van der Waals surface area contributed by atoms with Gasteiger partial charge in [-0.1, -0.05) is 18.2 Å². The van der Waals surface area contributed by atoms with Crippen LogP contribution in [0.15, 0.2) is 47.1 Å². The highest BCUT2D eigenvalue weighted by atomic mass is 16.4. The maximum atomic E-state index is 12.6. The molecule has 2 fully saturated rings. The van der Waals surface area contributed by atoms with Gasteiger partial charge in [0.2, 0.25) is 17.7 Å². The van der Waals surface area contributed by atoms with Crippen molar-refractivity contribution in [1.82, 2.24) is 29.8 Å². The van der Waals surface area contributed by atoms with E-state index in [1.807, 2.05) is 59.2 Å². The lowest BCUT2D eigenvalue weighted by atomic mass is 9.77. The number of carbonyl (C=O) groups excluding carboxylic acids is 1. The van der Waals surface area contributed by atoms with E-state index in [2.05, 4.69) is 27.2 Å². The smallest absolute Gasteiger partial charge is 0.247 e. The summed E-state index contributed by atoms with van der Waals surface area (Å²) in [5.74, 6) is 1.41. The van der Waals surface area contributed by atoms with Crippen molar-refractivity contribution in [2.24, 2.45) is 5.41 Å². The number of carbonyl (C=O) groups is 1. The molecule has 2 aliphatic heterocycles. The Balaban J connectivity index is 1.18. The van der Waals surface area contributed by atoms with Crippen LogP contribution in [0, 0.1) is 12.3 Å². The second-order valence-electron chi connectivity index (χ2n) is 8.73. The fraction of sp³-hybridized carbons (Fsp3) is 0.455. The molecular weight excluding hydrogens is 380 g/mol. The quantitative estimate of drug-likeness (QED) is 0.648. The van der Waals surface area contributed by atoms with Crippen molar-refractivity contribution in [2.45, 2.75) is 32.4 Å². The second kappa shape index (κ2) is 7.36. The number of hydrogen-bond donors (Lipinski definition) is 0. The fourth-order valence-electron chi connectivity index (χ4n) is 4.74. The van der Waals surface area contributed by atoms with E-state index in [9.17, 15) is 4.79 Å². The van der Waals surface area contributed by atoms with Crippen LogP contribution in [0.25, 0.3) is 11.5 Å². The van der Waals surface area contributed by atoms with E-state index in [-0.39, 0.29) is 17.4 Å². The third kappa shape index (κ3) is 3.52. The molecule has 3 aromatic rings. The van der Waals surface area contributed by atoms with Gasteiger partial charge in [0, 0.05) is 49.8 Å². The molecule has 156 valence electrons. The maximum absolute atomic E-state index is 12.6. The zero-order valence-electron chi connectivity index (χ0n) is 17.4. The number of likely N-dealkylation sites (tertiary alicyclic amines) is 2. The van der Waals surface area contributed by atoms with Crippen molar-refractivity contribution in [3.05, 3.63) is 54.2 Å². The van der Waals surface area contributed by atoms with Crippen LogP contribution in [0.5, 0.6) is 0 Å². The first-order chi connectivity index (χ1) is 14.5. The summed E-state index contributed by atoms with van der Waals surface area (Å²) >= 11 is 0. The normalized spacial score (nSPS) is 20.6. The van der Waals surface area contributed by atoms with Crippen molar-refractivity contribution in [2.75, 3.05) is 26.7 Å². The van der Waals surface area contributed by atoms with Gasteiger partial charge in [-0.3, -0.25) is 14.4 Å². The van der Waals surface area contributed by atoms with Gasteiger partial charge in [-0.15, -0.1) is 10.2 Å². The topological polar surface area (TPSA) is 80.3 Å². The Hall–Kier alpha value is -3.00. The third-order valence-corrected chi connectivity index (χ3v) is 6.21. The van der Waals surface area contributed by atoms with Crippen molar-refractivity contribution < 1.29 is 9.21 Å². The Kier molecular flexibility index (Phi) is 4.66. The van der Waals surface area contributed by atoms with E-state index in [1.54, 1.807) is 0 Å². The molecule has 0 radical (unpaired) electrons. The van der Waals surface area contributed by atoms with Crippen molar-refractivity contribution in [3.63, 3.8) is 0 Å². The van der Waals surface area contributed by atoms with Crippen molar-refractivity contribution in [3.8, 4) is 11.5 Å². The average Bonchev–Trinajstić information content (AvgIpc) is 3.44. The summed E-state index contributed by atoms with van der Waals surface area (Å²) in [6, 6.07) is 9.93. The second-order valence-corrected chi connectivity index (χ2v) is 8.73. The molecule has 2 saturated heterocycles. The third-order valence-electron chi connectivity index (χ3n) is 6.21. The maximum Gasteiger partial charge on any atom is 0.247 e. The molecule has 2 aromatic heterocycles. The van der Waals surface area contributed by atoms with Gasteiger partial charge in [0.15, 0.2) is 0 Å².